The molecule has 18 heavy (non-hydrogen) atoms. The van der Waals surface area contributed by atoms with E-state index in [1.54, 1.807) is 27.2 Å². The lowest BCUT2D eigenvalue weighted by atomic mass is 10.0. The van der Waals surface area contributed by atoms with Gasteiger partial charge >= 0.3 is 5.69 Å². The van der Waals surface area contributed by atoms with E-state index >= 15 is 0 Å². The smallest absolute Gasteiger partial charge is 0.367 e. The Bertz CT molecular complexity index is 549. The van der Waals surface area contributed by atoms with Crippen LogP contribution in [0.15, 0.2) is 34.7 Å². The van der Waals surface area contributed by atoms with Gasteiger partial charge in [0.15, 0.2) is 0 Å². The zero-order valence-electron chi connectivity index (χ0n) is 11.2. The van der Waals surface area contributed by atoms with Gasteiger partial charge in [0.1, 0.15) is 0 Å². The molecule has 0 aromatic carbocycles. The fraction of sp³-hybridized carbons (Fsp3) is 0.417. The van der Waals surface area contributed by atoms with Crippen molar-refractivity contribution in [3.8, 4) is 0 Å². The van der Waals surface area contributed by atoms with Crippen LogP contribution in [0, 0.1) is 0 Å². The van der Waals surface area contributed by atoms with Crippen LogP contribution in [0.4, 0.5) is 0 Å². The Labute approximate surface area is 106 Å². The van der Waals surface area contributed by atoms with Crippen LogP contribution in [0.3, 0.4) is 0 Å². The lowest BCUT2D eigenvalue weighted by molar-refractivity contribution is 0.227. The molecule has 0 amide bonds. The van der Waals surface area contributed by atoms with E-state index in [0.717, 1.165) is 11.1 Å². The van der Waals surface area contributed by atoms with Gasteiger partial charge < -0.3 is 4.74 Å². The summed E-state index contributed by atoms with van der Waals surface area (Å²) in [5.41, 5.74) is 2.16. The maximum absolute atomic E-state index is 11.8. The minimum Gasteiger partial charge on any atom is -0.380 e. The molecule has 0 radical (unpaired) electrons. The minimum absolute atomic E-state index is 0.291. The molecule has 0 aliphatic heterocycles. The molecule has 0 bridgehead atoms. The number of rotatable bonds is 5. The Kier molecular flexibility index (Phi) is 4.79. The van der Waals surface area contributed by atoms with Crippen LogP contribution in [-0.2, 0) is 11.8 Å². The highest BCUT2D eigenvalue weighted by Gasteiger charge is 2.12. The number of methoxy groups -OCH3 is 1. The van der Waals surface area contributed by atoms with E-state index in [2.05, 4.69) is 17.0 Å². The summed E-state index contributed by atoms with van der Waals surface area (Å²) in [7, 11) is 3.16. The van der Waals surface area contributed by atoms with Gasteiger partial charge in [-0.2, -0.15) is 9.36 Å². The molecule has 98 valence electrons. The first-order valence-corrected chi connectivity index (χ1v) is 5.54. The van der Waals surface area contributed by atoms with Gasteiger partial charge in [-0.05, 0) is 29.8 Å². The fourth-order valence-corrected chi connectivity index (χ4v) is 1.61. The van der Waals surface area contributed by atoms with Gasteiger partial charge in [0.25, 0.3) is 0 Å². The molecule has 1 aromatic rings. The van der Waals surface area contributed by atoms with Crippen molar-refractivity contribution < 1.29 is 4.74 Å². The molecule has 1 rings (SSSR count). The average molecular weight is 250 g/mol. The standard InChI is InChI=1S/C12H18N4O2/c1-6-10(7-2)11(8-18-5)9(3)16-12(17)15(4)13-14-16/h6-7H,1,8H2,2-5H3/b10-7-,11-9+. The first-order chi connectivity index (χ1) is 8.56. The zero-order valence-corrected chi connectivity index (χ0v) is 11.2. The quantitative estimate of drug-likeness (QED) is 0.731. The third-order valence-corrected chi connectivity index (χ3v) is 2.64. The van der Waals surface area contributed by atoms with Gasteiger partial charge in [-0.1, -0.05) is 18.7 Å². The molecule has 0 aliphatic carbocycles. The average Bonchev–Trinajstić information content (AvgIpc) is 2.69. The second-order valence-corrected chi connectivity index (χ2v) is 3.74. The Balaban J connectivity index is 3.40. The highest BCUT2D eigenvalue weighted by atomic mass is 16.5. The van der Waals surface area contributed by atoms with Crippen molar-refractivity contribution in [1.29, 1.82) is 0 Å². The predicted molar refractivity (Wildman–Crippen MR) is 70.0 cm³/mol. The molecule has 0 unspecified atom stereocenters. The first-order valence-electron chi connectivity index (χ1n) is 5.54. The summed E-state index contributed by atoms with van der Waals surface area (Å²) in [5.74, 6) is 0. The molecule has 1 aromatic heterocycles. The van der Waals surface area contributed by atoms with Gasteiger partial charge in [-0.25, -0.2) is 4.79 Å². The van der Waals surface area contributed by atoms with Crippen molar-refractivity contribution in [2.24, 2.45) is 7.05 Å². The lowest BCUT2D eigenvalue weighted by Crippen LogP contribution is -2.23. The Morgan fingerprint density at radius 2 is 2.17 bits per heavy atom. The van der Waals surface area contributed by atoms with Crippen LogP contribution in [-0.4, -0.2) is 33.5 Å². The van der Waals surface area contributed by atoms with Crippen LogP contribution in [0.25, 0.3) is 5.70 Å². The Hall–Kier alpha value is -1.95. The number of allylic oxidation sites excluding steroid dienone is 3. The number of hydrogen-bond donors (Lipinski definition) is 0. The summed E-state index contributed by atoms with van der Waals surface area (Å²) >= 11 is 0. The molecule has 0 aliphatic rings. The Morgan fingerprint density at radius 1 is 1.50 bits per heavy atom. The van der Waals surface area contributed by atoms with Gasteiger partial charge in [0, 0.05) is 19.7 Å². The molecule has 6 nitrogen and oxygen atoms in total. The molecular weight excluding hydrogens is 232 g/mol. The summed E-state index contributed by atoms with van der Waals surface area (Å²) in [6, 6.07) is 0. The maximum Gasteiger partial charge on any atom is 0.367 e. The number of ether oxygens (including phenoxy) is 1. The van der Waals surface area contributed by atoms with Crippen molar-refractivity contribution >= 4 is 5.70 Å². The number of aromatic nitrogens is 4. The third-order valence-electron chi connectivity index (χ3n) is 2.64. The summed E-state index contributed by atoms with van der Waals surface area (Å²) in [5, 5.41) is 7.50. The first kappa shape index (κ1) is 14.1. The summed E-state index contributed by atoms with van der Waals surface area (Å²) in [4.78, 5) is 11.8. The highest BCUT2D eigenvalue weighted by Crippen LogP contribution is 2.18. The van der Waals surface area contributed by atoms with E-state index in [0.29, 0.717) is 12.3 Å². The molecule has 0 spiro atoms. The van der Waals surface area contributed by atoms with Crippen LogP contribution in [0.5, 0.6) is 0 Å². The van der Waals surface area contributed by atoms with Gasteiger partial charge in [-0.3, -0.25) is 0 Å². The van der Waals surface area contributed by atoms with E-state index in [1.807, 2.05) is 13.0 Å². The lowest BCUT2D eigenvalue weighted by Gasteiger charge is -2.11. The SMILES string of the molecule is C=CC(=C/C)/C(COC)=C(\C)n1nnn(C)c1=O. The van der Waals surface area contributed by atoms with Crippen molar-refractivity contribution in [2.75, 3.05) is 13.7 Å². The molecular formula is C12H18N4O2. The zero-order chi connectivity index (χ0) is 13.7. The topological polar surface area (TPSA) is 61.9 Å². The van der Waals surface area contributed by atoms with Crippen LogP contribution in [0.2, 0.25) is 0 Å². The van der Waals surface area contributed by atoms with Crippen LogP contribution in [0.1, 0.15) is 13.8 Å². The van der Waals surface area contributed by atoms with Gasteiger partial charge in [0.05, 0.1) is 12.3 Å². The molecule has 1 heterocycles. The molecule has 0 saturated carbocycles. The van der Waals surface area contributed by atoms with E-state index in [1.165, 1.54) is 9.36 Å². The van der Waals surface area contributed by atoms with Crippen LogP contribution < -0.4 is 5.69 Å². The maximum atomic E-state index is 11.8. The van der Waals surface area contributed by atoms with E-state index in [4.69, 9.17) is 4.74 Å². The molecule has 6 heteroatoms. The second-order valence-electron chi connectivity index (χ2n) is 3.74. The van der Waals surface area contributed by atoms with Gasteiger partial charge in [0.2, 0.25) is 0 Å². The van der Waals surface area contributed by atoms with Crippen molar-refractivity contribution in [1.82, 2.24) is 19.8 Å². The van der Waals surface area contributed by atoms with Crippen LogP contribution >= 0.6 is 0 Å². The molecule has 0 saturated heterocycles. The van der Waals surface area contributed by atoms with Crippen molar-refractivity contribution in [2.45, 2.75) is 13.8 Å². The third kappa shape index (κ3) is 2.65. The summed E-state index contributed by atoms with van der Waals surface area (Å²) in [6.07, 6.45) is 3.63. The number of nitrogens with zero attached hydrogens (tertiary/aromatic N) is 4. The van der Waals surface area contributed by atoms with Crippen molar-refractivity contribution in [3.63, 3.8) is 0 Å². The molecule has 0 atom stereocenters. The second kappa shape index (κ2) is 6.11. The normalized spacial score (nSPS) is 13.4. The summed E-state index contributed by atoms with van der Waals surface area (Å²) in [6.45, 7) is 7.83. The number of aryl methyl sites for hydroxylation is 1. The Morgan fingerprint density at radius 3 is 2.56 bits per heavy atom. The summed E-state index contributed by atoms with van der Waals surface area (Å²) < 4.78 is 7.59. The molecule has 0 N–H and O–H groups in total. The van der Waals surface area contributed by atoms with E-state index in [-0.39, 0.29) is 5.69 Å². The predicted octanol–water partition coefficient (Wildman–Crippen LogP) is 0.986. The minimum atomic E-state index is -0.291. The fourth-order valence-electron chi connectivity index (χ4n) is 1.61. The monoisotopic (exact) mass is 250 g/mol. The number of hydrogen-bond acceptors (Lipinski definition) is 4. The molecule has 0 fully saturated rings. The largest absolute Gasteiger partial charge is 0.380 e. The van der Waals surface area contributed by atoms with Gasteiger partial charge in [-0.15, -0.1) is 0 Å². The number of tetrazole rings is 1. The van der Waals surface area contributed by atoms with E-state index < -0.39 is 0 Å². The van der Waals surface area contributed by atoms with E-state index in [9.17, 15) is 4.79 Å². The highest BCUT2D eigenvalue weighted by molar-refractivity contribution is 5.58. The van der Waals surface area contributed by atoms with Crippen molar-refractivity contribution in [3.05, 3.63) is 40.4 Å².